The smallest absolute Gasteiger partial charge is 0.270 e. The number of carbonyl (C=O) groups is 3. The number of fused-ring (bicyclic) bond motifs is 5. The molecule has 39 heavy (non-hydrogen) atoms. The number of amides is 3. The van der Waals surface area contributed by atoms with Crippen LogP contribution in [-0.4, -0.2) is 62.4 Å². The van der Waals surface area contributed by atoms with Gasteiger partial charge >= 0.3 is 0 Å². The Kier molecular flexibility index (Phi) is 5.26. The molecule has 1 unspecified atom stereocenters. The van der Waals surface area contributed by atoms with Gasteiger partial charge in [-0.15, -0.1) is 0 Å². The van der Waals surface area contributed by atoms with Crippen LogP contribution < -0.4 is 5.32 Å². The van der Waals surface area contributed by atoms with E-state index in [1.165, 1.54) is 4.90 Å². The van der Waals surface area contributed by atoms with Crippen molar-refractivity contribution in [2.24, 2.45) is 7.05 Å². The number of aryl methyl sites for hydroxylation is 1. The molecule has 2 aromatic carbocycles. The Hall–Kier alpha value is -3.66. The molecule has 0 saturated carbocycles. The van der Waals surface area contributed by atoms with Gasteiger partial charge in [-0.2, -0.15) is 5.10 Å². The molecule has 7 rings (SSSR count). The maximum atomic E-state index is 16.1. The van der Waals surface area contributed by atoms with Crippen molar-refractivity contribution in [3.8, 4) is 0 Å². The zero-order valence-corrected chi connectivity index (χ0v) is 21.7. The molecular formula is C29H29F2N5O3. The molecule has 2 saturated heterocycles. The van der Waals surface area contributed by atoms with Crippen molar-refractivity contribution in [1.29, 1.82) is 0 Å². The van der Waals surface area contributed by atoms with Crippen LogP contribution in [-0.2, 0) is 41.6 Å². The minimum atomic E-state index is -2.94. The number of nitrogens with zero attached hydrogens (tertiary/aromatic N) is 4. The topological polar surface area (TPSA) is 87.5 Å². The van der Waals surface area contributed by atoms with Crippen LogP contribution >= 0.6 is 0 Å². The van der Waals surface area contributed by atoms with Gasteiger partial charge in [0.15, 0.2) is 0 Å². The first kappa shape index (κ1) is 24.4. The zero-order chi connectivity index (χ0) is 27.1. The summed E-state index contributed by atoms with van der Waals surface area (Å²) in [4.78, 5) is 40.6. The molecule has 4 aliphatic rings. The Morgan fingerprint density at radius 2 is 1.92 bits per heavy atom. The van der Waals surface area contributed by atoms with Gasteiger partial charge in [-0.25, -0.2) is 8.78 Å². The maximum absolute atomic E-state index is 16.1. The normalized spacial score (nSPS) is 26.4. The molecule has 3 aliphatic heterocycles. The third kappa shape index (κ3) is 3.57. The molecular weight excluding hydrogens is 504 g/mol. The van der Waals surface area contributed by atoms with Gasteiger partial charge in [-0.05, 0) is 66.6 Å². The summed E-state index contributed by atoms with van der Waals surface area (Å²) in [6, 6.07) is 8.65. The van der Waals surface area contributed by atoms with E-state index >= 15 is 8.78 Å². The number of carbonyl (C=O) groups excluding carboxylic acids is 3. The maximum Gasteiger partial charge on any atom is 0.270 e. The highest BCUT2D eigenvalue weighted by Crippen LogP contribution is 2.55. The van der Waals surface area contributed by atoms with Crippen molar-refractivity contribution in [2.75, 3.05) is 13.1 Å². The Morgan fingerprint density at radius 1 is 1.08 bits per heavy atom. The number of halogens is 2. The Balaban J connectivity index is 1.14. The number of alkyl halides is 2. The zero-order valence-electron chi connectivity index (χ0n) is 21.7. The van der Waals surface area contributed by atoms with Crippen LogP contribution in [0.4, 0.5) is 8.78 Å². The van der Waals surface area contributed by atoms with E-state index in [1.807, 2.05) is 30.1 Å². The van der Waals surface area contributed by atoms with Crippen LogP contribution in [0.5, 0.6) is 0 Å². The number of imide groups is 1. The second kappa shape index (κ2) is 8.42. The number of benzene rings is 2. The number of likely N-dealkylation sites (tertiary alicyclic amines) is 1. The van der Waals surface area contributed by atoms with E-state index in [0.29, 0.717) is 43.5 Å². The highest BCUT2D eigenvalue weighted by molar-refractivity contribution is 6.05. The summed E-state index contributed by atoms with van der Waals surface area (Å²) >= 11 is 0. The van der Waals surface area contributed by atoms with E-state index in [2.05, 4.69) is 10.4 Å². The molecule has 202 valence electrons. The van der Waals surface area contributed by atoms with Crippen molar-refractivity contribution in [1.82, 2.24) is 24.9 Å². The van der Waals surface area contributed by atoms with Gasteiger partial charge in [0.1, 0.15) is 6.04 Å². The number of aromatic nitrogens is 2. The van der Waals surface area contributed by atoms with Crippen LogP contribution in [0.2, 0.25) is 0 Å². The average molecular weight is 534 g/mol. The van der Waals surface area contributed by atoms with Gasteiger partial charge < -0.3 is 4.90 Å². The number of hydrogen-bond acceptors (Lipinski definition) is 5. The van der Waals surface area contributed by atoms with Gasteiger partial charge in [-0.1, -0.05) is 18.2 Å². The summed E-state index contributed by atoms with van der Waals surface area (Å²) in [5.74, 6) is -4.01. The van der Waals surface area contributed by atoms with E-state index in [-0.39, 0.29) is 37.7 Å². The van der Waals surface area contributed by atoms with Crippen LogP contribution in [0.3, 0.4) is 0 Å². The molecule has 2 atom stereocenters. The molecule has 2 fully saturated rings. The first-order valence-corrected chi connectivity index (χ1v) is 13.5. The standard InChI is InChI=1S/C29H29F2N5O3/c1-34-24-12-17(2-3-18(24)13-32-34)14-35-11-10-28(29(30,31)16-35)9-8-19-21-15-36(23-6-7-25(37)33-26(23)38)27(39)20(21)4-5-22(19)28/h2-5,12-13,23H,6-11,14-16H2,1H3,(H,33,37,38)/t23-,28?/m0/s1. The van der Waals surface area contributed by atoms with E-state index in [9.17, 15) is 14.4 Å². The average Bonchev–Trinajstić information content (AvgIpc) is 3.56. The summed E-state index contributed by atoms with van der Waals surface area (Å²) in [6.45, 7) is 0.887. The molecule has 1 aliphatic carbocycles. The van der Waals surface area contributed by atoms with E-state index in [4.69, 9.17) is 0 Å². The predicted octanol–water partition coefficient (Wildman–Crippen LogP) is 3.06. The first-order valence-electron chi connectivity index (χ1n) is 13.5. The fraction of sp³-hybridized carbons (Fsp3) is 0.448. The van der Waals surface area contributed by atoms with Crippen molar-refractivity contribution in [2.45, 2.75) is 62.6 Å². The van der Waals surface area contributed by atoms with Crippen molar-refractivity contribution < 1.29 is 23.2 Å². The Bertz CT molecular complexity index is 1570. The second-order valence-electron chi connectivity index (χ2n) is 11.4. The summed E-state index contributed by atoms with van der Waals surface area (Å²) < 4.78 is 34.0. The van der Waals surface area contributed by atoms with Gasteiger partial charge in [0.25, 0.3) is 11.8 Å². The number of nitrogens with one attached hydrogen (secondary N) is 1. The number of hydrogen-bond donors (Lipinski definition) is 1. The Labute approximate surface area is 223 Å². The lowest BCUT2D eigenvalue weighted by atomic mass is 9.70. The molecule has 0 bridgehead atoms. The number of piperidine rings is 2. The van der Waals surface area contributed by atoms with E-state index in [0.717, 1.165) is 27.6 Å². The third-order valence-corrected chi connectivity index (χ3v) is 9.35. The molecule has 10 heteroatoms. The second-order valence-corrected chi connectivity index (χ2v) is 11.4. The SMILES string of the molecule is Cn1ncc2ccc(CN3CCC4(CCc5c4ccc4c5CN([C@H]5CCC(=O)NC5=O)C4=O)C(F)(F)C3)cc21. The van der Waals surface area contributed by atoms with E-state index < -0.39 is 23.3 Å². The summed E-state index contributed by atoms with van der Waals surface area (Å²) in [5.41, 5.74) is 3.45. The highest BCUT2D eigenvalue weighted by Gasteiger charge is 2.60. The summed E-state index contributed by atoms with van der Waals surface area (Å²) in [5, 5.41) is 7.61. The molecule has 1 spiro atoms. The summed E-state index contributed by atoms with van der Waals surface area (Å²) in [7, 11) is 1.87. The number of rotatable bonds is 3. The quantitative estimate of drug-likeness (QED) is 0.523. The monoisotopic (exact) mass is 533 g/mol. The molecule has 4 heterocycles. The van der Waals surface area contributed by atoms with Gasteiger partial charge in [-0.3, -0.25) is 29.3 Å². The summed E-state index contributed by atoms with van der Waals surface area (Å²) in [6.07, 6.45) is 3.41. The van der Waals surface area contributed by atoms with Crippen molar-refractivity contribution in [3.05, 3.63) is 64.3 Å². The molecule has 1 N–H and O–H groups in total. The first-order chi connectivity index (χ1) is 18.7. The largest absolute Gasteiger partial charge is 0.322 e. The van der Waals surface area contributed by atoms with Gasteiger partial charge in [0.05, 0.1) is 23.7 Å². The van der Waals surface area contributed by atoms with Crippen molar-refractivity contribution >= 4 is 28.6 Å². The van der Waals surface area contributed by atoms with Crippen LogP contribution in [0, 0.1) is 0 Å². The third-order valence-electron chi connectivity index (χ3n) is 9.35. The Morgan fingerprint density at radius 3 is 2.72 bits per heavy atom. The molecule has 3 amide bonds. The van der Waals surface area contributed by atoms with Gasteiger partial charge in [0.2, 0.25) is 11.8 Å². The fourth-order valence-corrected chi connectivity index (χ4v) is 7.27. The lowest BCUT2D eigenvalue weighted by Crippen LogP contribution is -2.57. The van der Waals surface area contributed by atoms with Crippen LogP contribution in [0.1, 0.15) is 58.3 Å². The fourth-order valence-electron chi connectivity index (χ4n) is 7.27. The van der Waals surface area contributed by atoms with Crippen LogP contribution in [0.15, 0.2) is 36.5 Å². The minimum Gasteiger partial charge on any atom is -0.322 e. The van der Waals surface area contributed by atoms with E-state index in [1.54, 1.807) is 23.0 Å². The van der Waals surface area contributed by atoms with Crippen LogP contribution in [0.25, 0.3) is 10.9 Å². The molecule has 1 aromatic heterocycles. The van der Waals surface area contributed by atoms with Gasteiger partial charge in [0, 0.05) is 37.5 Å². The highest BCUT2D eigenvalue weighted by atomic mass is 19.3. The minimum absolute atomic E-state index is 0.177. The molecule has 0 radical (unpaired) electrons. The molecule has 8 nitrogen and oxygen atoms in total. The van der Waals surface area contributed by atoms with Crippen molar-refractivity contribution in [3.63, 3.8) is 0 Å². The predicted molar refractivity (Wildman–Crippen MR) is 138 cm³/mol. The lowest BCUT2D eigenvalue weighted by Gasteiger charge is -2.46. The lowest BCUT2D eigenvalue weighted by molar-refractivity contribution is -0.137. The molecule has 3 aromatic rings.